The van der Waals surface area contributed by atoms with E-state index in [1.165, 1.54) is 0 Å². The van der Waals surface area contributed by atoms with Crippen LogP contribution in [0.1, 0.15) is 6.42 Å². The summed E-state index contributed by atoms with van der Waals surface area (Å²) in [6.07, 6.45) is 0.911. The van der Waals surface area contributed by atoms with Crippen LogP contribution in [0.3, 0.4) is 0 Å². The highest BCUT2D eigenvalue weighted by Gasteiger charge is 2.10. The molecule has 0 fully saturated rings. The van der Waals surface area contributed by atoms with Gasteiger partial charge in [-0.1, -0.05) is 0 Å². The first-order valence-corrected chi connectivity index (χ1v) is 6.11. The van der Waals surface area contributed by atoms with Crippen LogP contribution in [0.2, 0.25) is 0 Å². The summed E-state index contributed by atoms with van der Waals surface area (Å²) >= 11 is 0. The Hall–Kier alpha value is -1.53. The molecule has 0 aliphatic carbocycles. The van der Waals surface area contributed by atoms with E-state index in [2.05, 4.69) is 10.6 Å². The molecule has 0 bridgehead atoms. The largest absolute Gasteiger partial charge is 0.322 e. The molecule has 1 aromatic rings. The van der Waals surface area contributed by atoms with Crippen molar-refractivity contribution < 1.29 is 13.6 Å². The molecule has 106 valence electrons. The lowest BCUT2D eigenvalue weighted by Gasteiger charge is -2.16. The number of carbonyl (C=O) groups is 1. The molecule has 1 amide bonds. The van der Waals surface area contributed by atoms with Crippen molar-refractivity contribution in [1.82, 2.24) is 10.2 Å². The summed E-state index contributed by atoms with van der Waals surface area (Å²) in [6.45, 7) is 1.75. The third-order valence-electron chi connectivity index (χ3n) is 2.58. The molecule has 0 atom stereocenters. The van der Waals surface area contributed by atoms with E-state index in [9.17, 15) is 13.6 Å². The molecule has 4 nitrogen and oxygen atoms in total. The summed E-state index contributed by atoms with van der Waals surface area (Å²) in [5.74, 6) is -1.59. The van der Waals surface area contributed by atoms with Crippen LogP contribution in [-0.4, -0.2) is 44.5 Å². The van der Waals surface area contributed by atoms with Gasteiger partial charge in [0.05, 0.1) is 12.2 Å². The number of rotatable bonds is 7. The fourth-order valence-corrected chi connectivity index (χ4v) is 1.63. The third-order valence-corrected chi connectivity index (χ3v) is 2.58. The molecule has 0 aromatic heterocycles. The smallest absolute Gasteiger partial charge is 0.238 e. The van der Waals surface area contributed by atoms with Gasteiger partial charge in [-0.15, -0.1) is 0 Å². The molecule has 6 heteroatoms. The van der Waals surface area contributed by atoms with Gasteiger partial charge in [0.1, 0.15) is 11.6 Å². The van der Waals surface area contributed by atoms with Crippen molar-refractivity contribution in [2.45, 2.75) is 6.42 Å². The summed E-state index contributed by atoms with van der Waals surface area (Å²) in [6, 6.07) is 2.96. The molecule has 0 aliphatic rings. The summed E-state index contributed by atoms with van der Waals surface area (Å²) in [4.78, 5) is 13.5. The molecule has 0 aliphatic heterocycles. The van der Waals surface area contributed by atoms with Crippen LogP contribution in [0.25, 0.3) is 0 Å². The van der Waals surface area contributed by atoms with E-state index < -0.39 is 11.6 Å². The summed E-state index contributed by atoms with van der Waals surface area (Å²) in [7, 11) is 3.66. The fourth-order valence-electron chi connectivity index (χ4n) is 1.63. The van der Waals surface area contributed by atoms with Crippen molar-refractivity contribution in [3.05, 3.63) is 29.8 Å². The molecule has 0 heterocycles. The normalized spacial score (nSPS) is 10.8. The molecule has 0 saturated carbocycles. The second kappa shape index (κ2) is 7.81. The number of benzene rings is 1. The van der Waals surface area contributed by atoms with Crippen LogP contribution >= 0.6 is 0 Å². The van der Waals surface area contributed by atoms with E-state index in [1.54, 1.807) is 7.05 Å². The number of nitrogens with one attached hydrogen (secondary N) is 2. The highest BCUT2D eigenvalue weighted by molar-refractivity contribution is 5.92. The van der Waals surface area contributed by atoms with Gasteiger partial charge < -0.3 is 10.6 Å². The topological polar surface area (TPSA) is 44.4 Å². The molecule has 0 unspecified atom stereocenters. The average molecular weight is 271 g/mol. The number of halogens is 2. The molecular weight excluding hydrogens is 252 g/mol. The number of carbonyl (C=O) groups excluding carboxylic acids is 1. The van der Waals surface area contributed by atoms with E-state index in [1.807, 2.05) is 11.9 Å². The first kappa shape index (κ1) is 15.5. The highest BCUT2D eigenvalue weighted by Crippen LogP contribution is 2.14. The van der Waals surface area contributed by atoms with Crippen LogP contribution in [0.4, 0.5) is 14.5 Å². The van der Waals surface area contributed by atoms with Gasteiger partial charge in [-0.05, 0) is 45.7 Å². The van der Waals surface area contributed by atoms with Crippen molar-refractivity contribution in [3.63, 3.8) is 0 Å². The Morgan fingerprint density at radius 3 is 2.79 bits per heavy atom. The van der Waals surface area contributed by atoms with Crippen LogP contribution in [0, 0.1) is 11.6 Å². The van der Waals surface area contributed by atoms with Gasteiger partial charge in [0, 0.05) is 6.07 Å². The highest BCUT2D eigenvalue weighted by atomic mass is 19.1. The predicted molar refractivity (Wildman–Crippen MR) is 71.0 cm³/mol. The van der Waals surface area contributed by atoms with E-state index in [0.29, 0.717) is 0 Å². The first-order chi connectivity index (χ1) is 9.02. The molecule has 1 rings (SSSR count). The minimum absolute atomic E-state index is 0.131. The molecule has 0 radical (unpaired) electrons. The molecule has 1 aromatic carbocycles. The lowest BCUT2D eigenvalue weighted by molar-refractivity contribution is -0.117. The Morgan fingerprint density at radius 1 is 1.37 bits per heavy atom. The van der Waals surface area contributed by atoms with Gasteiger partial charge >= 0.3 is 0 Å². The second-order valence-corrected chi connectivity index (χ2v) is 4.37. The summed E-state index contributed by atoms with van der Waals surface area (Å²) in [5, 5.41) is 5.37. The van der Waals surface area contributed by atoms with Gasteiger partial charge in [0.15, 0.2) is 0 Å². The minimum atomic E-state index is -0.646. The maximum Gasteiger partial charge on any atom is 0.238 e. The Labute approximate surface area is 111 Å². The van der Waals surface area contributed by atoms with E-state index in [0.717, 1.165) is 37.7 Å². The zero-order valence-corrected chi connectivity index (χ0v) is 11.2. The van der Waals surface area contributed by atoms with Crippen LogP contribution < -0.4 is 10.6 Å². The average Bonchev–Trinajstić information content (AvgIpc) is 2.34. The number of anilines is 1. The van der Waals surface area contributed by atoms with E-state index in [4.69, 9.17) is 0 Å². The lowest BCUT2D eigenvalue weighted by atomic mass is 10.3. The van der Waals surface area contributed by atoms with Crippen molar-refractivity contribution in [1.29, 1.82) is 0 Å². The Morgan fingerprint density at radius 2 is 2.11 bits per heavy atom. The van der Waals surface area contributed by atoms with Gasteiger partial charge in [-0.3, -0.25) is 9.69 Å². The zero-order valence-electron chi connectivity index (χ0n) is 11.2. The van der Waals surface area contributed by atoms with Crippen molar-refractivity contribution in [3.8, 4) is 0 Å². The number of nitrogens with zero attached hydrogens (tertiary/aromatic N) is 1. The number of hydrogen-bond donors (Lipinski definition) is 2. The minimum Gasteiger partial charge on any atom is -0.322 e. The molecule has 2 N–H and O–H groups in total. The van der Waals surface area contributed by atoms with Gasteiger partial charge in [0.2, 0.25) is 5.91 Å². The molecule has 0 spiro atoms. The maximum atomic E-state index is 13.3. The Bertz CT molecular complexity index is 426. The van der Waals surface area contributed by atoms with Crippen LogP contribution in [0.15, 0.2) is 18.2 Å². The number of likely N-dealkylation sites (N-methyl/N-ethyl adjacent to an activating group) is 1. The van der Waals surface area contributed by atoms with Gasteiger partial charge in [-0.25, -0.2) is 8.78 Å². The molecule has 0 saturated heterocycles. The zero-order chi connectivity index (χ0) is 14.3. The van der Waals surface area contributed by atoms with E-state index >= 15 is 0 Å². The van der Waals surface area contributed by atoms with Crippen molar-refractivity contribution in [2.75, 3.05) is 39.0 Å². The fraction of sp³-hybridized carbons (Fsp3) is 0.462. The van der Waals surface area contributed by atoms with Crippen molar-refractivity contribution >= 4 is 11.6 Å². The monoisotopic (exact) mass is 271 g/mol. The van der Waals surface area contributed by atoms with Gasteiger partial charge in [0.25, 0.3) is 0 Å². The van der Waals surface area contributed by atoms with Crippen LogP contribution in [0.5, 0.6) is 0 Å². The Balaban J connectivity index is 2.44. The Kier molecular flexibility index (Phi) is 6.38. The lowest BCUT2D eigenvalue weighted by Crippen LogP contribution is -2.32. The summed E-state index contributed by atoms with van der Waals surface area (Å²) < 4.78 is 26.2. The predicted octanol–water partition coefficient (Wildman–Crippen LogP) is 1.44. The molecular formula is C13H19F2N3O. The number of hydrogen-bond acceptors (Lipinski definition) is 3. The maximum absolute atomic E-state index is 13.3. The van der Waals surface area contributed by atoms with Crippen molar-refractivity contribution in [2.24, 2.45) is 0 Å². The SMILES string of the molecule is CNCCCN(C)CC(=O)Nc1cc(F)ccc1F. The molecule has 19 heavy (non-hydrogen) atoms. The van der Waals surface area contributed by atoms with Gasteiger partial charge in [-0.2, -0.15) is 0 Å². The van der Waals surface area contributed by atoms with Crippen LogP contribution in [-0.2, 0) is 4.79 Å². The second-order valence-electron chi connectivity index (χ2n) is 4.37. The first-order valence-electron chi connectivity index (χ1n) is 6.11. The standard InChI is InChI=1S/C13H19F2N3O/c1-16-6-3-7-18(2)9-13(19)17-12-8-10(14)4-5-11(12)15/h4-5,8,16H,3,6-7,9H2,1-2H3,(H,17,19). The summed E-state index contributed by atoms with van der Waals surface area (Å²) in [5.41, 5.74) is -0.131. The third kappa shape index (κ3) is 5.76. The quantitative estimate of drug-likeness (QED) is 0.738. The number of amides is 1. The van der Waals surface area contributed by atoms with E-state index in [-0.39, 0.29) is 18.1 Å².